The van der Waals surface area contributed by atoms with Crippen molar-refractivity contribution in [2.75, 3.05) is 40.2 Å². The molecule has 0 aliphatic carbocycles. The van der Waals surface area contributed by atoms with Crippen molar-refractivity contribution in [2.45, 2.75) is 66.7 Å². The summed E-state index contributed by atoms with van der Waals surface area (Å²) in [7, 11) is 6.53. The van der Waals surface area contributed by atoms with Crippen LogP contribution in [-0.2, 0) is 31.0 Å². The molecule has 0 fully saturated rings. The highest BCUT2D eigenvalue weighted by molar-refractivity contribution is 7.16. The number of methoxy groups -OCH3 is 1. The second-order valence-corrected chi connectivity index (χ2v) is 15.0. The van der Waals surface area contributed by atoms with Gasteiger partial charge in [0.2, 0.25) is 23.7 Å². The van der Waals surface area contributed by atoms with Gasteiger partial charge in [0, 0.05) is 64.9 Å². The lowest BCUT2D eigenvalue weighted by atomic mass is 10.1. The highest BCUT2D eigenvalue weighted by Gasteiger charge is 2.20. The summed E-state index contributed by atoms with van der Waals surface area (Å²) < 4.78 is 19.5. The summed E-state index contributed by atoms with van der Waals surface area (Å²) in [5.41, 5.74) is 18.9. The lowest BCUT2D eigenvalue weighted by Gasteiger charge is -2.15. The minimum Gasteiger partial charge on any atom is -0.494 e. The maximum Gasteiger partial charge on any atom is 0.297 e. The summed E-state index contributed by atoms with van der Waals surface area (Å²) in [5.74, 6) is -0.497. The third-order valence-corrected chi connectivity index (χ3v) is 10.8. The number of thiazole rings is 1. The van der Waals surface area contributed by atoms with Crippen molar-refractivity contribution >= 4 is 68.5 Å². The van der Waals surface area contributed by atoms with E-state index in [4.69, 9.17) is 20.9 Å². The van der Waals surface area contributed by atoms with Crippen LogP contribution in [0.4, 0.5) is 5.95 Å². The largest absolute Gasteiger partial charge is 0.494 e. The van der Waals surface area contributed by atoms with Crippen LogP contribution in [0.1, 0.15) is 79.8 Å². The number of carbonyl (C=O) groups excluding carboxylic acids is 5. The predicted molar refractivity (Wildman–Crippen MR) is 239 cm³/mol. The van der Waals surface area contributed by atoms with E-state index in [1.807, 2.05) is 49.0 Å². The number of hydrogen-bond donors (Lipinski definition) is 4. The van der Waals surface area contributed by atoms with Gasteiger partial charge in [0.1, 0.15) is 33.9 Å². The number of carbonyl (C=O) groups is 5. The molecule has 334 valence electrons. The first-order valence-corrected chi connectivity index (χ1v) is 20.9. The third-order valence-electron chi connectivity index (χ3n) is 9.78. The normalized spacial score (nSPS) is 11.5. The highest BCUT2D eigenvalue weighted by atomic mass is 32.1. The van der Waals surface area contributed by atoms with Gasteiger partial charge in [0.05, 0.1) is 35.3 Å². The fraction of sp³-hybridized carbons (Fsp3) is 0.357. The van der Waals surface area contributed by atoms with Gasteiger partial charge in [-0.2, -0.15) is 15.2 Å². The number of amides is 4. The number of nitrogens with one attached hydrogen (secondary N) is 2. The lowest BCUT2D eigenvalue weighted by Crippen LogP contribution is -2.36. The smallest absolute Gasteiger partial charge is 0.297 e. The van der Waals surface area contributed by atoms with Crippen molar-refractivity contribution in [1.29, 1.82) is 0 Å². The summed E-state index contributed by atoms with van der Waals surface area (Å²) in [6.45, 7) is 9.60. The molecule has 20 nitrogen and oxygen atoms in total. The molecule has 0 bridgehead atoms. The number of imidazole rings is 1. The minimum atomic E-state index is -0.629. The fourth-order valence-electron chi connectivity index (χ4n) is 6.65. The molecule has 6 N–H and O–H groups in total. The van der Waals surface area contributed by atoms with Crippen LogP contribution in [-0.4, -0.2) is 103 Å². The molecule has 63 heavy (non-hydrogen) atoms. The Morgan fingerprint density at radius 2 is 1.51 bits per heavy atom. The van der Waals surface area contributed by atoms with Gasteiger partial charge in [-0.15, -0.1) is 0 Å². The van der Waals surface area contributed by atoms with Gasteiger partial charge >= 0.3 is 0 Å². The minimum absolute atomic E-state index is 0.0926. The number of aromatic nitrogens is 7. The standard InChI is InChI=1S/C35H43N11O6S.C7H10N2O/c1-7-46-24(15-20(2)42-46)33(50)41-35-45(30-25(51-6)17-22(32(37)49)19-27(30)53-35)13-9-8-12-44-29-23(40-34(44)38-3)16-21(31(36)48)18-26(29)52-14-10-11-28(47)43(5)39-4;1-3-9-7(5-10)4-6(2)8-9/h8-9,15-19,39H,7,10-14H2,1-6H3,(H2,36,48)(H2,37,49)(H,38,40);4-5H,3H2,1-2H3/b9-8+,41-35?;. The first-order valence-electron chi connectivity index (χ1n) is 20.1. The van der Waals surface area contributed by atoms with Crippen LogP contribution in [0.15, 0.2) is 53.5 Å². The summed E-state index contributed by atoms with van der Waals surface area (Å²) in [4.78, 5) is 69.9. The Morgan fingerprint density at radius 1 is 0.873 bits per heavy atom. The number of hydrogen-bond acceptors (Lipinski definition) is 13. The lowest BCUT2D eigenvalue weighted by molar-refractivity contribution is -0.132. The molecule has 2 aromatic carbocycles. The maximum absolute atomic E-state index is 13.5. The Kier molecular flexibility index (Phi) is 15.7. The molecule has 0 radical (unpaired) electrons. The predicted octanol–water partition coefficient (Wildman–Crippen LogP) is 3.60. The SMILES string of the molecule is CCn1nc(C)cc1C(=O)N=c1sc2cc(C(N)=O)cc(OC)c2n1C/C=C/Cn1c(NC)nc2cc(C(N)=O)cc(OCCCC(=O)N(C)NC)c21.CCn1nc(C)cc1C=O. The van der Waals surface area contributed by atoms with Gasteiger partial charge in [0.25, 0.3) is 5.91 Å². The molecule has 0 atom stereocenters. The number of aldehydes is 1. The number of ether oxygens (including phenoxy) is 2. The number of benzene rings is 2. The summed E-state index contributed by atoms with van der Waals surface area (Å²) in [6, 6.07) is 9.86. The van der Waals surface area contributed by atoms with E-state index >= 15 is 0 Å². The molecule has 0 aliphatic rings. The van der Waals surface area contributed by atoms with E-state index in [9.17, 15) is 24.0 Å². The van der Waals surface area contributed by atoms with Crippen molar-refractivity contribution < 1.29 is 33.4 Å². The van der Waals surface area contributed by atoms with Gasteiger partial charge in [-0.05, 0) is 70.5 Å². The number of hydrazine groups is 1. The monoisotopic (exact) mass is 883 g/mol. The molecule has 21 heteroatoms. The molecule has 0 unspecified atom stereocenters. The number of anilines is 1. The zero-order valence-electron chi connectivity index (χ0n) is 36.6. The zero-order chi connectivity index (χ0) is 46.0. The van der Waals surface area contributed by atoms with Crippen LogP contribution in [0.5, 0.6) is 11.5 Å². The van der Waals surface area contributed by atoms with Gasteiger partial charge < -0.3 is 35.4 Å². The van der Waals surface area contributed by atoms with E-state index in [-0.39, 0.29) is 36.6 Å². The van der Waals surface area contributed by atoms with Gasteiger partial charge in [0.15, 0.2) is 11.1 Å². The summed E-state index contributed by atoms with van der Waals surface area (Å²) in [6.07, 6.45) is 5.34. The molecule has 0 saturated heterocycles. The quantitative estimate of drug-likeness (QED) is 0.0418. The topological polar surface area (TPSA) is 254 Å². The average Bonchev–Trinajstić information content (AvgIpc) is 4.04. The first kappa shape index (κ1) is 46.9. The van der Waals surface area contributed by atoms with Crippen LogP contribution in [0.3, 0.4) is 0 Å². The average molecular weight is 884 g/mol. The number of aryl methyl sites for hydroxylation is 4. The Hall–Kier alpha value is -7.13. The number of rotatable bonds is 18. The van der Waals surface area contributed by atoms with Gasteiger partial charge in [-0.3, -0.25) is 38.3 Å². The van der Waals surface area contributed by atoms with Crippen molar-refractivity contribution in [3.63, 3.8) is 0 Å². The number of primary amides is 2. The second kappa shape index (κ2) is 21.1. The molecule has 4 heterocycles. The van der Waals surface area contributed by atoms with Crippen LogP contribution >= 0.6 is 11.3 Å². The van der Waals surface area contributed by atoms with E-state index in [0.717, 1.165) is 18.5 Å². The highest BCUT2D eigenvalue weighted by Crippen LogP contribution is 2.32. The Bertz CT molecular complexity index is 2760. The summed E-state index contributed by atoms with van der Waals surface area (Å²) >= 11 is 1.23. The Morgan fingerprint density at radius 3 is 2.11 bits per heavy atom. The molecule has 4 amide bonds. The van der Waals surface area contributed by atoms with E-state index in [1.165, 1.54) is 23.5 Å². The first-order chi connectivity index (χ1) is 30.2. The van der Waals surface area contributed by atoms with E-state index in [0.29, 0.717) is 80.1 Å². The van der Waals surface area contributed by atoms with Crippen LogP contribution in [0, 0.1) is 13.8 Å². The Labute approximate surface area is 367 Å². The van der Waals surface area contributed by atoms with Crippen LogP contribution in [0.2, 0.25) is 0 Å². The molecule has 6 rings (SSSR count). The second-order valence-electron chi connectivity index (χ2n) is 14.0. The number of nitrogens with zero attached hydrogens (tertiary/aromatic N) is 9. The van der Waals surface area contributed by atoms with Gasteiger partial charge in [-0.25, -0.2) is 10.4 Å². The van der Waals surface area contributed by atoms with Crippen LogP contribution in [0.25, 0.3) is 21.3 Å². The van der Waals surface area contributed by atoms with Crippen molar-refractivity contribution in [2.24, 2.45) is 16.5 Å². The fourth-order valence-corrected chi connectivity index (χ4v) is 7.75. The van der Waals surface area contributed by atoms with Crippen molar-refractivity contribution in [1.82, 2.24) is 44.1 Å². The Balaban J connectivity index is 0.000000658. The zero-order valence-corrected chi connectivity index (χ0v) is 37.4. The number of nitrogens with two attached hydrogens (primary N) is 2. The molecule has 0 aliphatic heterocycles. The molecule has 4 aromatic heterocycles. The van der Waals surface area contributed by atoms with E-state index in [1.54, 1.807) is 66.9 Å². The maximum atomic E-state index is 13.5. The summed E-state index contributed by atoms with van der Waals surface area (Å²) in [5, 5.41) is 13.0. The molecule has 0 spiro atoms. The molecular formula is C42H53N13O7S. The van der Waals surface area contributed by atoms with E-state index in [2.05, 4.69) is 30.9 Å². The molecule has 0 saturated carbocycles. The number of fused-ring (bicyclic) bond motifs is 2. The van der Waals surface area contributed by atoms with E-state index < -0.39 is 17.7 Å². The van der Waals surface area contributed by atoms with Crippen LogP contribution < -0.4 is 36.5 Å². The number of allylic oxidation sites excluding steroid dienone is 2. The molecular weight excluding hydrogens is 831 g/mol. The third kappa shape index (κ3) is 10.9. The van der Waals surface area contributed by atoms with Gasteiger partial charge in [-0.1, -0.05) is 23.5 Å². The van der Waals surface area contributed by atoms with Crippen molar-refractivity contribution in [3.05, 3.63) is 87.3 Å². The van der Waals surface area contributed by atoms with Crippen molar-refractivity contribution in [3.8, 4) is 11.5 Å². The molecule has 6 aromatic rings.